The smallest absolute Gasteiger partial charge is 0.228 e. The first-order valence-electron chi connectivity index (χ1n) is 7.59. The van der Waals surface area contributed by atoms with Crippen LogP contribution in [0.5, 0.6) is 0 Å². The maximum absolute atomic E-state index is 12.8. The van der Waals surface area contributed by atoms with E-state index < -0.39 is 0 Å². The molecule has 1 atom stereocenters. The standard InChI is InChI=1S/C15H28N2O/c1-4-15(6-8-16-9-7-15)14(18)17-10-5-13(11-17)12(2)3/h12-13,16H,4-11H2,1-3H3. The maximum Gasteiger partial charge on any atom is 0.228 e. The molecule has 3 heteroatoms. The zero-order valence-corrected chi connectivity index (χ0v) is 12.2. The van der Waals surface area contributed by atoms with Gasteiger partial charge in [0, 0.05) is 13.1 Å². The second-order valence-electron chi connectivity index (χ2n) is 6.43. The van der Waals surface area contributed by atoms with Crippen molar-refractivity contribution in [1.29, 1.82) is 0 Å². The number of nitrogens with zero attached hydrogens (tertiary/aromatic N) is 1. The van der Waals surface area contributed by atoms with Gasteiger partial charge in [-0.2, -0.15) is 0 Å². The molecular weight excluding hydrogens is 224 g/mol. The van der Waals surface area contributed by atoms with Gasteiger partial charge in [-0.1, -0.05) is 20.8 Å². The SMILES string of the molecule is CCC1(C(=O)N2CCC(C(C)C)C2)CCNCC1. The van der Waals surface area contributed by atoms with E-state index in [0.29, 0.717) is 17.7 Å². The number of hydrogen-bond donors (Lipinski definition) is 1. The number of likely N-dealkylation sites (tertiary alicyclic amines) is 1. The molecule has 2 rings (SSSR count). The molecule has 0 spiro atoms. The van der Waals surface area contributed by atoms with Crippen LogP contribution in [0.2, 0.25) is 0 Å². The monoisotopic (exact) mass is 252 g/mol. The molecule has 0 radical (unpaired) electrons. The Hall–Kier alpha value is -0.570. The lowest BCUT2D eigenvalue weighted by Crippen LogP contribution is -2.48. The average molecular weight is 252 g/mol. The third-order valence-corrected chi connectivity index (χ3v) is 5.15. The molecule has 1 N–H and O–H groups in total. The number of hydrogen-bond acceptors (Lipinski definition) is 2. The van der Waals surface area contributed by atoms with Gasteiger partial charge in [-0.3, -0.25) is 4.79 Å². The summed E-state index contributed by atoms with van der Waals surface area (Å²) in [6.45, 7) is 10.7. The Kier molecular flexibility index (Phi) is 4.31. The molecule has 3 nitrogen and oxygen atoms in total. The van der Waals surface area contributed by atoms with Crippen LogP contribution in [-0.4, -0.2) is 37.0 Å². The Balaban J connectivity index is 2.02. The van der Waals surface area contributed by atoms with Crippen LogP contribution in [0.15, 0.2) is 0 Å². The normalized spacial score (nSPS) is 27.8. The van der Waals surface area contributed by atoms with Crippen LogP contribution in [0.3, 0.4) is 0 Å². The summed E-state index contributed by atoms with van der Waals surface area (Å²) < 4.78 is 0. The number of carbonyl (C=O) groups is 1. The minimum Gasteiger partial charge on any atom is -0.342 e. The molecule has 18 heavy (non-hydrogen) atoms. The van der Waals surface area contributed by atoms with Gasteiger partial charge in [-0.05, 0) is 50.6 Å². The summed E-state index contributed by atoms with van der Waals surface area (Å²) in [5.41, 5.74) is -0.0584. The van der Waals surface area contributed by atoms with Gasteiger partial charge >= 0.3 is 0 Å². The van der Waals surface area contributed by atoms with E-state index in [1.165, 1.54) is 6.42 Å². The van der Waals surface area contributed by atoms with Gasteiger partial charge in [0.2, 0.25) is 5.91 Å². The number of piperidine rings is 1. The number of carbonyl (C=O) groups excluding carboxylic acids is 1. The van der Waals surface area contributed by atoms with E-state index in [-0.39, 0.29) is 5.41 Å². The summed E-state index contributed by atoms with van der Waals surface area (Å²) >= 11 is 0. The first-order chi connectivity index (χ1) is 8.59. The van der Waals surface area contributed by atoms with Crippen molar-refractivity contribution in [3.05, 3.63) is 0 Å². The van der Waals surface area contributed by atoms with Crippen molar-refractivity contribution < 1.29 is 4.79 Å². The second-order valence-corrected chi connectivity index (χ2v) is 6.43. The van der Waals surface area contributed by atoms with Crippen LogP contribution < -0.4 is 5.32 Å². The van der Waals surface area contributed by atoms with Crippen molar-refractivity contribution in [1.82, 2.24) is 10.2 Å². The molecule has 1 unspecified atom stereocenters. The summed E-state index contributed by atoms with van der Waals surface area (Å²) in [6, 6.07) is 0. The molecule has 2 aliphatic heterocycles. The molecule has 1 amide bonds. The fourth-order valence-electron chi connectivity index (χ4n) is 3.48. The fraction of sp³-hybridized carbons (Fsp3) is 0.933. The maximum atomic E-state index is 12.8. The Labute approximate surface area is 111 Å². The Morgan fingerprint density at radius 1 is 1.39 bits per heavy atom. The second kappa shape index (κ2) is 5.60. The molecule has 2 fully saturated rings. The lowest BCUT2D eigenvalue weighted by Gasteiger charge is -2.38. The van der Waals surface area contributed by atoms with E-state index >= 15 is 0 Å². The predicted octanol–water partition coefficient (Wildman–Crippen LogP) is 2.27. The minimum atomic E-state index is -0.0584. The Bertz CT molecular complexity index is 295. The lowest BCUT2D eigenvalue weighted by molar-refractivity contribution is -0.143. The predicted molar refractivity (Wildman–Crippen MR) is 74.4 cm³/mol. The third-order valence-electron chi connectivity index (χ3n) is 5.15. The highest BCUT2D eigenvalue weighted by Crippen LogP contribution is 2.37. The van der Waals surface area contributed by atoms with E-state index in [1.807, 2.05) is 0 Å². The first kappa shape index (κ1) is 13.9. The summed E-state index contributed by atoms with van der Waals surface area (Å²) in [5.74, 6) is 1.85. The summed E-state index contributed by atoms with van der Waals surface area (Å²) in [7, 11) is 0. The largest absolute Gasteiger partial charge is 0.342 e. The van der Waals surface area contributed by atoms with Crippen LogP contribution in [0, 0.1) is 17.3 Å². The quantitative estimate of drug-likeness (QED) is 0.835. The van der Waals surface area contributed by atoms with E-state index in [1.54, 1.807) is 0 Å². The molecule has 2 aliphatic rings. The van der Waals surface area contributed by atoms with Gasteiger partial charge in [0.25, 0.3) is 0 Å². The van der Waals surface area contributed by atoms with Crippen molar-refractivity contribution in [2.24, 2.45) is 17.3 Å². The van der Waals surface area contributed by atoms with Crippen molar-refractivity contribution in [2.45, 2.75) is 46.5 Å². The molecule has 0 aromatic carbocycles. The molecule has 2 saturated heterocycles. The minimum absolute atomic E-state index is 0.0584. The van der Waals surface area contributed by atoms with Crippen molar-refractivity contribution in [3.8, 4) is 0 Å². The molecule has 0 saturated carbocycles. The van der Waals surface area contributed by atoms with E-state index in [9.17, 15) is 4.79 Å². The third kappa shape index (κ3) is 2.56. The highest BCUT2D eigenvalue weighted by atomic mass is 16.2. The van der Waals surface area contributed by atoms with Gasteiger partial charge in [-0.25, -0.2) is 0 Å². The van der Waals surface area contributed by atoms with Gasteiger partial charge < -0.3 is 10.2 Å². The summed E-state index contributed by atoms with van der Waals surface area (Å²) in [5, 5.41) is 3.38. The highest BCUT2D eigenvalue weighted by Gasteiger charge is 2.42. The zero-order valence-electron chi connectivity index (χ0n) is 12.2. The summed E-state index contributed by atoms with van der Waals surface area (Å²) in [6.07, 6.45) is 4.23. The van der Waals surface area contributed by atoms with E-state index in [4.69, 9.17) is 0 Å². The van der Waals surface area contributed by atoms with Crippen LogP contribution in [0.4, 0.5) is 0 Å². The highest BCUT2D eigenvalue weighted by molar-refractivity contribution is 5.83. The molecule has 2 heterocycles. The average Bonchev–Trinajstić information content (AvgIpc) is 2.88. The Morgan fingerprint density at radius 3 is 2.56 bits per heavy atom. The van der Waals surface area contributed by atoms with E-state index in [0.717, 1.165) is 45.4 Å². The van der Waals surface area contributed by atoms with Gasteiger partial charge in [-0.15, -0.1) is 0 Å². The topological polar surface area (TPSA) is 32.3 Å². The number of amides is 1. The zero-order chi connectivity index (χ0) is 13.2. The lowest BCUT2D eigenvalue weighted by atomic mass is 9.75. The van der Waals surface area contributed by atoms with Crippen LogP contribution in [0.25, 0.3) is 0 Å². The van der Waals surface area contributed by atoms with E-state index in [2.05, 4.69) is 31.0 Å². The molecule has 0 aromatic rings. The van der Waals surface area contributed by atoms with Crippen molar-refractivity contribution >= 4 is 5.91 Å². The number of nitrogens with one attached hydrogen (secondary N) is 1. The van der Waals surface area contributed by atoms with Crippen molar-refractivity contribution in [2.75, 3.05) is 26.2 Å². The first-order valence-corrected chi connectivity index (χ1v) is 7.59. The van der Waals surface area contributed by atoms with Gasteiger partial charge in [0.15, 0.2) is 0 Å². The van der Waals surface area contributed by atoms with Crippen LogP contribution >= 0.6 is 0 Å². The Morgan fingerprint density at radius 2 is 2.06 bits per heavy atom. The molecule has 104 valence electrons. The van der Waals surface area contributed by atoms with Gasteiger partial charge in [0.1, 0.15) is 0 Å². The molecule has 0 aliphatic carbocycles. The summed E-state index contributed by atoms with van der Waals surface area (Å²) in [4.78, 5) is 15.0. The van der Waals surface area contributed by atoms with Crippen LogP contribution in [0.1, 0.15) is 46.5 Å². The number of rotatable bonds is 3. The molecular formula is C15H28N2O. The fourth-order valence-corrected chi connectivity index (χ4v) is 3.48. The molecule has 0 aromatic heterocycles. The van der Waals surface area contributed by atoms with Crippen molar-refractivity contribution in [3.63, 3.8) is 0 Å². The van der Waals surface area contributed by atoms with Gasteiger partial charge in [0.05, 0.1) is 5.41 Å². The molecule has 0 bridgehead atoms. The van der Waals surface area contributed by atoms with Crippen LogP contribution in [-0.2, 0) is 4.79 Å².